The normalized spacial score (nSPS) is 15.0. The molecule has 1 aromatic carbocycles. The van der Waals surface area contributed by atoms with Crippen molar-refractivity contribution in [3.05, 3.63) is 41.5 Å². The van der Waals surface area contributed by atoms with Gasteiger partial charge in [0, 0.05) is 12.6 Å². The Balaban J connectivity index is 1.80. The van der Waals surface area contributed by atoms with E-state index in [0.717, 1.165) is 11.3 Å². The van der Waals surface area contributed by atoms with Gasteiger partial charge in [0.05, 0.1) is 11.9 Å². The van der Waals surface area contributed by atoms with Gasteiger partial charge in [-0.15, -0.1) is 5.10 Å². The van der Waals surface area contributed by atoms with E-state index in [9.17, 15) is 4.39 Å². The molecule has 2 aromatic rings. The summed E-state index contributed by atoms with van der Waals surface area (Å²) in [5, 5.41) is 11.4. The molecule has 0 saturated heterocycles. The monoisotopic (exact) mass is 246 g/mol. The first kappa shape index (κ1) is 11.3. The van der Waals surface area contributed by atoms with Gasteiger partial charge in [0.15, 0.2) is 0 Å². The minimum atomic E-state index is -0.285. The molecule has 0 bridgehead atoms. The second-order valence-corrected chi connectivity index (χ2v) is 4.76. The van der Waals surface area contributed by atoms with Crippen molar-refractivity contribution >= 4 is 0 Å². The van der Waals surface area contributed by atoms with E-state index in [-0.39, 0.29) is 5.82 Å². The fourth-order valence-electron chi connectivity index (χ4n) is 1.83. The molecule has 1 N–H and O–H groups in total. The number of nitrogens with one attached hydrogen (secondary N) is 1. The molecule has 0 atom stereocenters. The third kappa shape index (κ3) is 2.41. The van der Waals surface area contributed by atoms with Crippen molar-refractivity contribution in [2.45, 2.75) is 32.4 Å². The molecule has 0 spiro atoms. The zero-order valence-electron chi connectivity index (χ0n) is 10.2. The second-order valence-electron chi connectivity index (χ2n) is 4.76. The number of hydrogen-bond donors (Lipinski definition) is 1. The summed E-state index contributed by atoms with van der Waals surface area (Å²) in [6.07, 6.45) is 4.24. The van der Waals surface area contributed by atoms with Gasteiger partial charge < -0.3 is 5.32 Å². The van der Waals surface area contributed by atoms with E-state index >= 15 is 0 Å². The Morgan fingerprint density at radius 1 is 1.44 bits per heavy atom. The van der Waals surface area contributed by atoms with Crippen molar-refractivity contribution in [3.63, 3.8) is 0 Å². The van der Waals surface area contributed by atoms with Crippen LogP contribution in [-0.2, 0) is 6.54 Å². The maximum Gasteiger partial charge on any atom is 0.148 e. The van der Waals surface area contributed by atoms with Gasteiger partial charge in [-0.05, 0) is 37.5 Å². The number of benzene rings is 1. The van der Waals surface area contributed by atoms with Crippen LogP contribution in [0.1, 0.15) is 24.1 Å². The first-order valence-electron chi connectivity index (χ1n) is 6.13. The Kier molecular flexibility index (Phi) is 2.83. The summed E-state index contributed by atoms with van der Waals surface area (Å²) in [5.41, 5.74) is 2.28. The Morgan fingerprint density at radius 3 is 3.06 bits per heavy atom. The van der Waals surface area contributed by atoms with Crippen LogP contribution in [0.3, 0.4) is 0 Å². The quantitative estimate of drug-likeness (QED) is 0.896. The van der Waals surface area contributed by atoms with Crippen molar-refractivity contribution in [2.75, 3.05) is 0 Å². The first-order chi connectivity index (χ1) is 8.72. The van der Waals surface area contributed by atoms with Crippen LogP contribution >= 0.6 is 0 Å². The fraction of sp³-hybridized carbons (Fsp3) is 0.385. The van der Waals surface area contributed by atoms with Crippen LogP contribution in [0.5, 0.6) is 0 Å². The van der Waals surface area contributed by atoms with E-state index in [1.54, 1.807) is 18.3 Å². The van der Waals surface area contributed by atoms with Gasteiger partial charge in [-0.25, -0.2) is 9.07 Å². The van der Waals surface area contributed by atoms with E-state index in [4.69, 9.17) is 0 Å². The molecule has 0 unspecified atom stereocenters. The first-order valence-corrected chi connectivity index (χ1v) is 6.13. The van der Waals surface area contributed by atoms with Crippen molar-refractivity contribution in [3.8, 4) is 5.69 Å². The van der Waals surface area contributed by atoms with E-state index in [1.807, 2.05) is 6.92 Å². The lowest BCUT2D eigenvalue weighted by Gasteiger charge is -2.03. The van der Waals surface area contributed by atoms with Crippen LogP contribution in [-0.4, -0.2) is 21.0 Å². The van der Waals surface area contributed by atoms with Gasteiger partial charge in [0.1, 0.15) is 11.5 Å². The maximum atomic E-state index is 13.7. The fourth-order valence-corrected chi connectivity index (χ4v) is 1.83. The van der Waals surface area contributed by atoms with Crippen molar-refractivity contribution < 1.29 is 4.39 Å². The number of halogens is 1. The number of nitrogens with zero attached hydrogens (tertiary/aromatic N) is 3. The summed E-state index contributed by atoms with van der Waals surface area (Å²) < 4.78 is 15.2. The average Bonchev–Trinajstić information content (AvgIpc) is 3.08. The van der Waals surface area contributed by atoms with E-state index < -0.39 is 0 Å². The minimum Gasteiger partial charge on any atom is -0.308 e. The highest BCUT2D eigenvalue weighted by Crippen LogP contribution is 2.19. The van der Waals surface area contributed by atoms with E-state index in [1.165, 1.54) is 23.6 Å². The molecular weight excluding hydrogens is 231 g/mol. The highest BCUT2D eigenvalue weighted by molar-refractivity contribution is 5.36. The third-order valence-corrected chi connectivity index (χ3v) is 3.04. The number of rotatable bonds is 4. The molecule has 18 heavy (non-hydrogen) atoms. The molecule has 1 aliphatic carbocycles. The Hall–Kier alpha value is -1.75. The minimum absolute atomic E-state index is 0.285. The topological polar surface area (TPSA) is 42.7 Å². The molecule has 1 fully saturated rings. The highest BCUT2D eigenvalue weighted by Gasteiger charge is 2.20. The molecule has 1 aliphatic rings. The summed E-state index contributed by atoms with van der Waals surface area (Å²) in [4.78, 5) is 0. The lowest BCUT2D eigenvalue weighted by molar-refractivity contribution is 0.606. The smallest absolute Gasteiger partial charge is 0.148 e. The molecule has 0 aliphatic heterocycles. The van der Waals surface area contributed by atoms with Crippen molar-refractivity contribution in [2.24, 2.45) is 0 Å². The molecule has 94 valence electrons. The second kappa shape index (κ2) is 4.49. The molecule has 0 amide bonds. The van der Waals surface area contributed by atoms with Crippen LogP contribution < -0.4 is 5.32 Å². The van der Waals surface area contributed by atoms with E-state index in [2.05, 4.69) is 15.6 Å². The Morgan fingerprint density at radius 2 is 2.28 bits per heavy atom. The molecular formula is C13H15FN4. The largest absolute Gasteiger partial charge is 0.308 e. The molecule has 1 aromatic heterocycles. The molecule has 4 nitrogen and oxygen atoms in total. The van der Waals surface area contributed by atoms with Crippen LogP contribution in [0.4, 0.5) is 4.39 Å². The number of hydrogen-bond acceptors (Lipinski definition) is 3. The summed E-state index contributed by atoms with van der Waals surface area (Å²) in [6.45, 7) is 2.62. The average molecular weight is 246 g/mol. The predicted octanol–water partition coefficient (Wildman–Crippen LogP) is 1.97. The van der Waals surface area contributed by atoms with E-state index in [0.29, 0.717) is 18.3 Å². The zero-order valence-corrected chi connectivity index (χ0v) is 10.2. The SMILES string of the molecule is Cc1ccc(F)c(-n2cc(CNC3CC3)nn2)c1. The number of aryl methyl sites for hydroxylation is 1. The third-order valence-electron chi connectivity index (χ3n) is 3.04. The summed E-state index contributed by atoms with van der Waals surface area (Å²) >= 11 is 0. The zero-order chi connectivity index (χ0) is 12.5. The Bertz CT molecular complexity index is 560. The van der Waals surface area contributed by atoms with Crippen molar-refractivity contribution in [1.82, 2.24) is 20.3 Å². The lowest BCUT2D eigenvalue weighted by Crippen LogP contribution is -2.15. The van der Waals surface area contributed by atoms with Gasteiger partial charge in [0.2, 0.25) is 0 Å². The highest BCUT2D eigenvalue weighted by atomic mass is 19.1. The van der Waals surface area contributed by atoms with Gasteiger partial charge in [0.25, 0.3) is 0 Å². The summed E-state index contributed by atoms with van der Waals surface area (Å²) in [6, 6.07) is 5.59. The van der Waals surface area contributed by atoms with Gasteiger partial charge in [-0.1, -0.05) is 11.3 Å². The molecule has 3 rings (SSSR count). The maximum absolute atomic E-state index is 13.7. The van der Waals surface area contributed by atoms with Gasteiger partial charge >= 0.3 is 0 Å². The van der Waals surface area contributed by atoms with Crippen LogP contribution in [0.2, 0.25) is 0 Å². The molecule has 1 heterocycles. The molecule has 5 heteroatoms. The van der Waals surface area contributed by atoms with Crippen LogP contribution in [0.15, 0.2) is 24.4 Å². The standard InChI is InChI=1S/C13H15FN4/c1-9-2-5-12(14)13(6-9)18-8-11(16-17-18)7-15-10-3-4-10/h2,5-6,8,10,15H,3-4,7H2,1H3. The summed E-state index contributed by atoms with van der Waals surface area (Å²) in [5.74, 6) is -0.285. The molecule has 0 radical (unpaired) electrons. The van der Waals surface area contributed by atoms with Crippen molar-refractivity contribution in [1.29, 1.82) is 0 Å². The Labute approximate surface area is 105 Å². The summed E-state index contributed by atoms with van der Waals surface area (Å²) in [7, 11) is 0. The van der Waals surface area contributed by atoms with Crippen LogP contribution in [0.25, 0.3) is 5.69 Å². The van der Waals surface area contributed by atoms with Gasteiger partial charge in [-0.2, -0.15) is 0 Å². The van der Waals surface area contributed by atoms with Crippen LogP contribution in [0, 0.1) is 12.7 Å². The molecule has 1 saturated carbocycles. The lowest BCUT2D eigenvalue weighted by atomic mass is 10.2. The van der Waals surface area contributed by atoms with Gasteiger partial charge in [-0.3, -0.25) is 0 Å². The number of aromatic nitrogens is 3. The predicted molar refractivity (Wildman–Crippen MR) is 65.9 cm³/mol.